The molecule has 0 spiro atoms. The fourth-order valence-corrected chi connectivity index (χ4v) is 1.95. The zero-order valence-electron chi connectivity index (χ0n) is 13.0. The average molecular weight is 302 g/mol. The second-order valence-corrected chi connectivity index (χ2v) is 5.63. The van der Waals surface area contributed by atoms with E-state index in [1.165, 1.54) is 24.0 Å². The Morgan fingerprint density at radius 1 is 1.00 bits per heavy atom. The molecule has 0 N–H and O–H groups in total. The number of piperazine rings is 1. The summed E-state index contributed by atoms with van der Waals surface area (Å²) in [5.41, 5.74) is -0.628. The number of carbonyl (C=O) groups is 3. The molecule has 1 aliphatic rings. The van der Waals surface area contributed by atoms with Crippen LogP contribution in [0.5, 0.6) is 0 Å². The highest BCUT2D eigenvalue weighted by Gasteiger charge is 2.39. The van der Waals surface area contributed by atoms with Gasteiger partial charge >= 0.3 is 18.2 Å². The lowest BCUT2D eigenvalue weighted by Gasteiger charge is -2.39. The van der Waals surface area contributed by atoms with E-state index in [-0.39, 0.29) is 19.6 Å². The van der Waals surface area contributed by atoms with Gasteiger partial charge in [-0.3, -0.25) is 4.90 Å². The number of hydrogen-bond donors (Lipinski definition) is 0. The molecule has 1 fully saturated rings. The number of ether oxygens (including phenoxy) is 3. The Labute approximate surface area is 123 Å². The van der Waals surface area contributed by atoms with Gasteiger partial charge in [-0.25, -0.2) is 14.4 Å². The first kappa shape index (κ1) is 17.1. The minimum Gasteiger partial charge on any atom is -0.467 e. The van der Waals surface area contributed by atoms with Crippen LogP contribution < -0.4 is 0 Å². The number of rotatable bonds is 1. The Morgan fingerprint density at radius 3 is 2.10 bits per heavy atom. The summed E-state index contributed by atoms with van der Waals surface area (Å²) in [6.45, 7) is 5.72. The fourth-order valence-electron chi connectivity index (χ4n) is 1.95. The molecular formula is C13H22N2O6. The summed E-state index contributed by atoms with van der Waals surface area (Å²) in [5, 5.41) is 0. The summed E-state index contributed by atoms with van der Waals surface area (Å²) >= 11 is 0. The maximum Gasteiger partial charge on any atom is 0.410 e. The van der Waals surface area contributed by atoms with Crippen LogP contribution in [0.15, 0.2) is 0 Å². The molecule has 0 aromatic heterocycles. The van der Waals surface area contributed by atoms with E-state index < -0.39 is 29.8 Å². The van der Waals surface area contributed by atoms with Crippen molar-refractivity contribution in [3.8, 4) is 0 Å². The molecule has 8 heteroatoms. The Morgan fingerprint density at radius 2 is 1.62 bits per heavy atom. The number of amides is 2. The molecule has 21 heavy (non-hydrogen) atoms. The molecule has 1 unspecified atom stereocenters. The fraction of sp³-hybridized carbons (Fsp3) is 0.769. The van der Waals surface area contributed by atoms with E-state index in [4.69, 9.17) is 4.74 Å². The van der Waals surface area contributed by atoms with Gasteiger partial charge in [-0.1, -0.05) is 0 Å². The van der Waals surface area contributed by atoms with Crippen molar-refractivity contribution in [3.05, 3.63) is 0 Å². The van der Waals surface area contributed by atoms with Gasteiger partial charge in [0.05, 0.1) is 20.8 Å². The molecule has 0 bridgehead atoms. The third-order valence-electron chi connectivity index (χ3n) is 2.91. The highest BCUT2D eigenvalue weighted by Crippen LogP contribution is 2.16. The summed E-state index contributed by atoms with van der Waals surface area (Å²) in [7, 11) is 2.46. The number of methoxy groups -OCH3 is 2. The minimum atomic E-state index is -0.899. The van der Waals surface area contributed by atoms with Crippen LogP contribution in [0.1, 0.15) is 20.8 Å². The second kappa shape index (κ2) is 6.64. The monoisotopic (exact) mass is 302 g/mol. The predicted octanol–water partition coefficient (Wildman–Crippen LogP) is 0.847. The van der Waals surface area contributed by atoms with Gasteiger partial charge in [0.1, 0.15) is 5.60 Å². The van der Waals surface area contributed by atoms with Crippen LogP contribution in [-0.2, 0) is 19.0 Å². The summed E-state index contributed by atoms with van der Waals surface area (Å²) in [5.74, 6) is -0.603. The molecule has 1 saturated heterocycles. The topological polar surface area (TPSA) is 85.4 Å². The zero-order chi connectivity index (χ0) is 16.2. The first-order valence-electron chi connectivity index (χ1n) is 6.60. The van der Waals surface area contributed by atoms with Crippen molar-refractivity contribution in [1.82, 2.24) is 9.80 Å². The van der Waals surface area contributed by atoms with Gasteiger partial charge in [0, 0.05) is 13.1 Å². The van der Waals surface area contributed by atoms with Crippen molar-refractivity contribution in [1.29, 1.82) is 0 Å². The van der Waals surface area contributed by atoms with Crippen LogP contribution >= 0.6 is 0 Å². The van der Waals surface area contributed by atoms with Crippen molar-refractivity contribution in [2.24, 2.45) is 0 Å². The SMILES string of the molecule is COC(=O)C1CN(C(=O)OC(C)(C)C)CCN1C(=O)OC. The zero-order valence-corrected chi connectivity index (χ0v) is 13.0. The summed E-state index contributed by atoms with van der Waals surface area (Å²) < 4.78 is 14.6. The van der Waals surface area contributed by atoms with Gasteiger partial charge in [-0.15, -0.1) is 0 Å². The smallest absolute Gasteiger partial charge is 0.410 e. The quantitative estimate of drug-likeness (QED) is 0.527. The molecule has 1 atom stereocenters. The van der Waals surface area contributed by atoms with Crippen LogP contribution in [0.25, 0.3) is 0 Å². The van der Waals surface area contributed by atoms with E-state index >= 15 is 0 Å². The molecule has 0 aromatic rings. The summed E-state index contributed by atoms with van der Waals surface area (Å²) in [6, 6.07) is -0.899. The molecular weight excluding hydrogens is 280 g/mol. The van der Waals surface area contributed by atoms with Crippen LogP contribution in [0.3, 0.4) is 0 Å². The number of hydrogen-bond acceptors (Lipinski definition) is 6. The van der Waals surface area contributed by atoms with Gasteiger partial charge < -0.3 is 19.1 Å². The maximum absolute atomic E-state index is 12.0. The van der Waals surface area contributed by atoms with Crippen LogP contribution in [-0.4, -0.2) is 73.5 Å². The standard InChI is InChI=1S/C13H22N2O6/c1-13(2,3)21-11(17)14-6-7-15(12(18)20-5)9(8-14)10(16)19-4/h9H,6-8H2,1-5H3. The lowest BCUT2D eigenvalue weighted by molar-refractivity contribution is -0.148. The Balaban J connectivity index is 2.81. The highest BCUT2D eigenvalue weighted by atomic mass is 16.6. The lowest BCUT2D eigenvalue weighted by atomic mass is 10.2. The molecule has 0 saturated carbocycles. The van der Waals surface area contributed by atoms with E-state index in [0.717, 1.165) is 0 Å². The van der Waals surface area contributed by atoms with Crippen molar-refractivity contribution in [3.63, 3.8) is 0 Å². The summed E-state index contributed by atoms with van der Waals surface area (Å²) in [4.78, 5) is 38.1. The van der Waals surface area contributed by atoms with Crippen LogP contribution in [0.2, 0.25) is 0 Å². The largest absolute Gasteiger partial charge is 0.467 e. The van der Waals surface area contributed by atoms with Gasteiger partial charge in [-0.2, -0.15) is 0 Å². The average Bonchev–Trinajstić information content (AvgIpc) is 2.43. The van der Waals surface area contributed by atoms with Gasteiger partial charge in [0.2, 0.25) is 0 Å². The normalized spacial score (nSPS) is 19.0. The number of carbonyl (C=O) groups excluding carboxylic acids is 3. The van der Waals surface area contributed by atoms with E-state index in [1.807, 2.05) is 0 Å². The van der Waals surface area contributed by atoms with Gasteiger partial charge in [0.25, 0.3) is 0 Å². The van der Waals surface area contributed by atoms with Crippen molar-refractivity contribution in [2.75, 3.05) is 33.9 Å². The molecule has 1 rings (SSSR count). The third-order valence-corrected chi connectivity index (χ3v) is 2.91. The summed E-state index contributed by atoms with van der Waals surface area (Å²) in [6.07, 6.45) is -1.16. The van der Waals surface area contributed by atoms with E-state index in [2.05, 4.69) is 9.47 Å². The lowest BCUT2D eigenvalue weighted by Crippen LogP contribution is -2.60. The minimum absolute atomic E-state index is 0.0106. The third kappa shape index (κ3) is 4.51. The molecule has 2 amide bonds. The molecule has 8 nitrogen and oxygen atoms in total. The maximum atomic E-state index is 12.0. The van der Waals surface area contributed by atoms with Gasteiger partial charge in [0.15, 0.2) is 6.04 Å². The second-order valence-electron chi connectivity index (χ2n) is 5.63. The van der Waals surface area contributed by atoms with E-state index in [1.54, 1.807) is 20.8 Å². The molecule has 0 aromatic carbocycles. The van der Waals surface area contributed by atoms with Crippen LogP contribution in [0, 0.1) is 0 Å². The highest BCUT2D eigenvalue weighted by molar-refractivity contribution is 5.83. The Bertz CT molecular complexity index is 417. The van der Waals surface area contributed by atoms with Crippen molar-refractivity contribution in [2.45, 2.75) is 32.4 Å². The van der Waals surface area contributed by atoms with Crippen molar-refractivity contribution >= 4 is 18.2 Å². The molecule has 1 heterocycles. The first-order valence-corrected chi connectivity index (χ1v) is 6.60. The predicted molar refractivity (Wildman–Crippen MR) is 72.7 cm³/mol. The van der Waals surface area contributed by atoms with Crippen LogP contribution in [0.4, 0.5) is 9.59 Å². The molecule has 120 valence electrons. The van der Waals surface area contributed by atoms with Crippen molar-refractivity contribution < 1.29 is 28.6 Å². The van der Waals surface area contributed by atoms with Gasteiger partial charge in [-0.05, 0) is 20.8 Å². The Hall–Kier alpha value is -1.99. The number of nitrogens with zero attached hydrogens (tertiary/aromatic N) is 2. The van der Waals surface area contributed by atoms with E-state index in [0.29, 0.717) is 0 Å². The molecule has 0 aliphatic carbocycles. The molecule has 0 radical (unpaired) electrons. The number of esters is 1. The Kier molecular flexibility index (Phi) is 5.40. The molecule has 1 aliphatic heterocycles. The van der Waals surface area contributed by atoms with E-state index in [9.17, 15) is 14.4 Å². The first-order chi connectivity index (χ1) is 9.69.